The number of allylic oxidation sites excluding steroid dienone is 2. The van der Waals surface area contributed by atoms with Crippen LogP contribution in [0.1, 0.15) is 151 Å². The van der Waals surface area contributed by atoms with Crippen LogP contribution in [0.15, 0.2) is 29.3 Å². The molecule has 5 aliphatic rings. The second kappa shape index (κ2) is 15.6. The Kier molecular flexibility index (Phi) is 12.1. The van der Waals surface area contributed by atoms with Crippen molar-refractivity contribution in [3.63, 3.8) is 0 Å². The Bertz CT molecular complexity index is 1850. The average molecular weight is 822 g/mol. The summed E-state index contributed by atoms with van der Waals surface area (Å²) in [4.78, 5) is 56.7. The number of fused-ring (bicyclic) bond motifs is 7. The molecule has 1 amide bonds. The van der Waals surface area contributed by atoms with Crippen LogP contribution < -0.4 is 0 Å². The number of hydrogen-bond acceptors (Lipinski definition) is 6. The number of carbonyl (C=O) groups is 4. The molecule has 0 unspecified atom stereocenters. The first-order valence-electron chi connectivity index (χ1n) is 22.2. The maximum Gasteiger partial charge on any atom is 0.309 e. The summed E-state index contributed by atoms with van der Waals surface area (Å²) in [5, 5.41) is 10.3. The average Bonchev–Trinajstić information content (AvgIpc) is 3.40. The van der Waals surface area contributed by atoms with E-state index in [-0.39, 0.29) is 51.4 Å². The van der Waals surface area contributed by atoms with Gasteiger partial charge in [-0.3, -0.25) is 19.2 Å². The van der Waals surface area contributed by atoms with Crippen LogP contribution in [0.25, 0.3) is 0 Å². The molecule has 6 rings (SSSR count). The molecular formula is C49H73ClN2O6. The largest absolute Gasteiger partial charge is 0.481 e. The predicted molar refractivity (Wildman–Crippen MR) is 230 cm³/mol. The highest BCUT2D eigenvalue weighted by atomic mass is 35.5. The standard InChI is InChI=1S/C49H73ClN2O6/c1-30(2)41-36(54)26-49(23-24-52(31(3)53)29-32-13-14-34(50)25-33(32)28-51(11)12)22-21-47(9)35(42(41)49)15-16-38-46(8)19-18-39(58-40(55)27-44(4,5)43(56)57)45(6,7)37(46)17-20-48(38,47)10/h13-14,25,30,35,37-39H,15-24,26-29H2,1-12H3,(H,56,57)/t35-,37+,38-,39+,46+,47-,48-,49-/m1/s1. The van der Waals surface area contributed by atoms with Crippen molar-refractivity contribution in [3.05, 3.63) is 45.5 Å². The van der Waals surface area contributed by atoms with Gasteiger partial charge in [-0.25, -0.2) is 0 Å². The number of aliphatic carboxylic acids is 1. The van der Waals surface area contributed by atoms with E-state index in [1.54, 1.807) is 20.8 Å². The first kappa shape index (κ1) is 44.8. The molecule has 1 aromatic carbocycles. The van der Waals surface area contributed by atoms with Crippen LogP contribution in [0.3, 0.4) is 0 Å². The highest BCUT2D eigenvalue weighted by molar-refractivity contribution is 6.30. The minimum Gasteiger partial charge on any atom is -0.481 e. The lowest BCUT2D eigenvalue weighted by atomic mass is 9.33. The van der Waals surface area contributed by atoms with E-state index in [1.807, 2.05) is 31.1 Å². The third-order valence-corrected chi connectivity index (χ3v) is 17.5. The molecule has 5 aliphatic carbocycles. The Labute approximate surface area is 354 Å². The lowest BCUT2D eigenvalue weighted by Crippen LogP contribution is -2.65. The van der Waals surface area contributed by atoms with E-state index in [0.29, 0.717) is 48.1 Å². The number of amides is 1. The SMILES string of the molecule is CC(=O)N(CC[C@@]12CC[C@]3(C)[C@H](CC[C@@H]4[C@@]5(C)CC[C@H](OC(=O)CC(C)(C)C(=O)O)C(C)(C)[C@@H]5CC[C@]43C)C1=C(C(C)C)C(=O)C2)Cc1ccc(Cl)cc1CN(C)C. The lowest BCUT2D eigenvalue weighted by Gasteiger charge is -2.72. The van der Waals surface area contributed by atoms with Crippen molar-refractivity contribution in [1.82, 2.24) is 9.80 Å². The molecule has 0 saturated heterocycles. The van der Waals surface area contributed by atoms with E-state index in [1.165, 1.54) is 5.57 Å². The van der Waals surface area contributed by atoms with E-state index in [0.717, 1.165) is 81.0 Å². The summed E-state index contributed by atoms with van der Waals surface area (Å²) in [6.45, 7) is 23.4. The third kappa shape index (κ3) is 7.51. The van der Waals surface area contributed by atoms with E-state index < -0.39 is 17.4 Å². The topological polar surface area (TPSA) is 104 Å². The summed E-state index contributed by atoms with van der Waals surface area (Å²) >= 11 is 6.43. The molecule has 8 atom stereocenters. The number of benzene rings is 1. The molecule has 0 radical (unpaired) electrons. The number of carbonyl (C=O) groups excluding carboxylic acids is 3. The van der Waals surface area contributed by atoms with Crippen LogP contribution >= 0.6 is 11.6 Å². The number of carboxylic acids is 1. The number of esters is 1. The Morgan fingerprint density at radius 2 is 1.60 bits per heavy atom. The van der Waals surface area contributed by atoms with Gasteiger partial charge in [0, 0.05) is 48.8 Å². The number of carboxylic acid groups (broad SMARTS) is 1. The van der Waals surface area contributed by atoms with E-state index in [2.05, 4.69) is 59.4 Å². The molecule has 1 N–H and O–H groups in total. The minimum absolute atomic E-state index is 0.0218. The van der Waals surface area contributed by atoms with Gasteiger partial charge < -0.3 is 19.6 Å². The minimum atomic E-state index is -1.17. The number of nitrogens with zero attached hydrogens (tertiary/aromatic N) is 2. The highest BCUT2D eigenvalue weighted by Gasteiger charge is 2.70. The van der Waals surface area contributed by atoms with Crippen molar-refractivity contribution in [2.75, 3.05) is 20.6 Å². The third-order valence-electron chi connectivity index (χ3n) is 17.3. The monoisotopic (exact) mass is 821 g/mol. The Balaban J connectivity index is 1.27. The Morgan fingerprint density at radius 1 is 0.914 bits per heavy atom. The molecule has 0 bridgehead atoms. The Hall–Kier alpha value is -2.71. The maximum absolute atomic E-state index is 14.3. The predicted octanol–water partition coefficient (Wildman–Crippen LogP) is 10.5. The number of ketones is 1. The zero-order valence-corrected chi connectivity index (χ0v) is 38.5. The summed E-state index contributed by atoms with van der Waals surface area (Å²) in [6, 6.07) is 5.98. The molecule has 0 aliphatic heterocycles. The van der Waals surface area contributed by atoms with E-state index in [9.17, 15) is 24.3 Å². The fraction of sp³-hybridized carbons (Fsp3) is 0.755. The van der Waals surface area contributed by atoms with Gasteiger partial charge in [0.15, 0.2) is 5.78 Å². The summed E-state index contributed by atoms with van der Waals surface area (Å²) in [7, 11) is 4.08. The molecule has 8 nitrogen and oxygen atoms in total. The van der Waals surface area contributed by atoms with Gasteiger partial charge in [-0.1, -0.05) is 71.7 Å². The van der Waals surface area contributed by atoms with Crippen LogP contribution in [0.4, 0.5) is 0 Å². The molecule has 4 fully saturated rings. The maximum atomic E-state index is 14.3. The number of ether oxygens (including phenoxy) is 1. The van der Waals surface area contributed by atoms with Crippen LogP contribution in [-0.4, -0.2) is 65.3 Å². The summed E-state index contributed by atoms with van der Waals surface area (Å²) in [6.07, 6.45) is 9.11. The van der Waals surface area contributed by atoms with Gasteiger partial charge in [-0.2, -0.15) is 0 Å². The van der Waals surface area contributed by atoms with Crippen molar-refractivity contribution in [2.45, 2.75) is 159 Å². The summed E-state index contributed by atoms with van der Waals surface area (Å²) in [5.41, 5.74) is 3.26. The molecule has 9 heteroatoms. The molecule has 0 spiro atoms. The molecule has 322 valence electrons. The number of hydrogen-bond donors (Lipinski definition) is 1. The van der Waals surface area contributed by atoms with Crippen LogP contribution in [0, 0.1) is 56.2 Å². The number of halogens is 1. The second-order valence-electron chi connectivity index (χ2n) is 22.0. The smallest absolute Gasteiger partial charge is 0.309 e. The van der Waals surface area contributed by atoms with E-state index in [4.69, 9.17) is 16.3 Å². The zero-order chi connectivity index (χ0) is 43.0. The molecular weight excluding hydrogens is 748 g/mol. The fourth-order valence-electron chi connectivity index (χ4n) is 14.0. The van der Waals surface area contributed by atoms with Crippen LogP contribution in [0.5, 0.6) is 0 Å². The van der Waals surface area contributed by atoms with Gasteiger partial charge in [0.2, 0.25) is 5.91 Å². The van der Waals surface area contributed by atoms with Gasteiger partial charge in [-0.05, 0) is 154 Å². The van der Waals surface area contributed by atoms with Gasteiger partial charge in [0.1, 0.15) is 6.10 Å². The number of Topliss-reactive ketones (excluding diaryl/α,β-unsaturated/α-hetero) is 1. The molecule has 1 aromatic rings. The van der Waals surface area contributed by atoms with E-state index >= 15 is 0 Å². The van der Waals surface area contributed by atoms with Crippen LogP contribution in [0.2, 0.25) is 5.02 Å². The molecule has 0 heterocycles. The van der Waals surface area contributed by atoms with Crippen molar-refractivity contribution in [2.24, 2.45) is 56.2 Å². The number of rotatable bonds is 12. The second-order valence-corrected chi connectivity index (χ2v) is 22.5. The molecule has 58 heavy (non-hydrogen) atoms. The fourth-order valence-corrected chi connectivity index (χ4v) is 14.2. The molecule has 4 saturated carbocycles. The van der Waals surface area contributed by atoms with Gasteiger partial charge in [0.05, 0.1) is 11.8 Å². The lowest BCUT2D eigenvalue weighted by molar-refractivity contribution is -0.233. The summed E-state index contributed by atoms with van der Waals surface area (Å²) < 4.78 is 6.20. The van der Waals surface area contributed by atoms with Gasteiger partial charge in [-0.15, -0.1) is 0 Å². The Morgan fingerprint density at radius 3 is 2.22 bits per heavy atom. The van der Waals surface area contributed by atoms with Crippen LogP contribution in [-0.2, 0) is 37.0 Å². The van der Waals surface area contributed by atoms with Crippen molar-refractivity contribution >= 4 is 35.2 Å². The van der Waals surface area contributed by atoms with Crippen molar-refractivity contribution in [1.29, 1.82) is 0 Å². The van der Waals surface area contributed by atoms with Gasteiger partial charge >= 0.3 is 11.9 Å². The van der Waals surface area contributed by atoms with Crippen molar-refractivity contribution in [3.8, 4) is 0 Å². The first-order chi connectivity index (χ1) is 26.8. The van der Waals surface area contributed by atoms with Crippen molar-refractivity contribution < 1.29 is 29.0 Å². The quantitative estimate of drug-likeness (QED) is 0.209. The van der Waals surface area contributed by atoms with Gasteiger partial charge in [0.25, 0.3) is 0 Å². The zero-order valence-electron chi connectivity index (χ0n) is 37.8. The normalized spacial score (nSPS) is 34.3. The summed E-state index contributed by atoms with van der Waals surface area (Å²) in [5.74, 6) is 0.304. The first-order valence-corrected chi connectivity index (χ1v) is 22.6. The highest BCUT2D eigenvalue weighted by Crippen LogP contribution is 2.77. The molecule has 0 aromatic heterocycles.